The van der Waals surface area contributed by atoms with Gasteiger partial charge in [0.1, 0.15) is 0 Å². The molecule has 1 saturated heterocycles. The molecule has 2 nitrogen and oxygen atoms in total. The summed E-state index contributed by atoms with van der Waals surface area (Å²) in [5.74, 6) is 0. The van der Waals surface area contributed by atoms with E-state index in [1.54, 1.807) is 0 Å². The second kappa shape index (κ2) is 3.12. The number of rotatable bonds is 2. The van der Waals surface area contributed by atoms with E-state index in [0.717, 1.165) is 12.5 Å². The fourth-order valence-corrected chi connectivity index (χ4v) is 5.39. The normalized spacial score (nSPS) is 34.5. The van der Waals surface area contributed by atoms with E-state index in [9.17, 15) is 0 Å². The summed E-state index contributed by atoms with van der Waals surface area (Å²) >= 11 is 0. The maximum Gasteiger partial charge on any atom is 0.335 e. The minimum Gasteiger partial charge on any atom is -0.392 e. The standard InChI is InChI=1S/C9H20O2Si/c1-8(2)10-12(5)7-6-9(3,4)11-12/h8H,6-7H2,1-5H3. The summed E-state index contributed by atoms with van der Waals surface area (Å²) in [5.41, 5.74) is 0.0515. The molecule has 1 atom stereocenters. The van der Waals surface area contributed by atoms with Crippen LogP contribution >= 0.6 is 0 Å². The van der Waals surface area contributed by atoms with E-state index in [1.807, 2.05) is 0 Å². The van der Waals surface area contributed by atoms with Crippen molar-refractivity contribution in [3.63, 3.8) is 0 Å². The highest BCUT2D eigenvalue weighted by molar-refractivity contribution is 6.66. The molecular formula is C9H20O2Si. The second-order valence-corrected chi connectivity index (χ2v) is 7.87. The van der Waals surface area contributed by atoms with Gasteiger partial charge in [-0.05, 0) is 46.7 Å². The van der Waals surface area contributed by atoms with Gasteiger partial charge in [0.05, 0.1) is 5.60 Å². The molecule has 0 aromatic heterocycles. The topological polar surface area (TPSA) is 18.5 Å². The molecule has 1 fully saturated rings. The van der Waals surface area contributed by atoms with Crippen molar-refractivity contribution >= 4 is 8.56 Å². The first-order chi connectivity index (χ1) is 5.33. The van der Waals surface area contributed by atoms with Crippen LogP contribution in [0, 0.1) is 0 Å². The first-order valence-corrected chi connectivity index (χ1v) is 7.23. The summed E-state index contributed by atoms with van der Waals surface area (Å²) in [7, 11) is -1.78. The molecule has 0 aliphatic carbocycles. The van der Waals surface area contributed by atoms with E-state index < -0.39 is 8.56 Å². The first kappa shape index (κ1) is 10.2. The van der Waals surface area contributed by atoms with Gasteiger partial charge < -0.3 is 8.85 Å². The third-order valence-corrected chi connectivity index (χ3v) is 5.27. The summed E-state index contributed by atoms with van der Waals surface area (Å²) in [6.45, 7) is 10.6. The van der Waals surface area contributed by atoms with E-state index in [4.69, 9.17) is 8.85 Å². The zero-order chi connectivity index (χ0) is 9.41. The van der Waals surface area contributed by atoms with Gasteiger partial charge in [-0.15, -0.1) is 0 Å². The highest BCUT2D eigenvalue weighted by atomic mass is 28.4. The predicted molar refractivity (Wildman–Crippen MR) is 52.4 cm³/mol. The summed E-state index contributed by atoms with van der Waals surface area (Å²) < 4.78 is 11.8. The van der Waals surface area contributed by atoms with Gasteiger partial charge in [-0.1, -0.05) is 0 Å². The zero-order valence-electron chi connectivity index (χ0n) is 8.81. The molecule has 0 saturated carbocycles. The average molecular weight is 188 g/mol. The van der Waals surface area contributed by atoms with E-state index >= 15 is 0 Å². The lowest BCUT2D eigenvalue weighted by molar-refractivity contribution is 0.0718. The molecule has 0 radical (unpaired) electrons. The van der Waals surface area contributed by atoms with Crippen molar-refractivity contribution in [3.05, 3.63) is 0 Å². The van der Waals surface area contributed by atoms with Crippen LogP contribution in [0.3, 0.4) is 0 Å². The molecule has 1 aliphatic heterocycles. The minimum atomic E-state index is -1.78. The molecule has 0 N–H and O–H groups in total. The van der Waals surface area contributed by atoms with Gasteiger partial charge in [0.25, 0.3) is 0 Å². The Balaban J connectivity index is 2.53. The Bertz CT molecular complexity index is 168. The second-order valence-electron chi connectivity index (χ2n) is 4.66. The van der Waals surface area contributed by atoms with Crippen LogP contribution in [-0.4, -0.2) is 20.3 Å². The van der Waals surface area contributed by atoms with Crippen LogP contribution in [0.25, 0.3) is 0 Å². The van der Waals surface area contributed by atoms with Crippen molar-refractivity contribution in [2.75, 3.05) is 0 Å². The maximum absolute atomic E-state index is 5.96. The van der Waals surface area contributed by atoms with Crippen LogP contribution in [-0.2, 0) is 8.85 Å². The van der Waals surface area contributed by atoms with Crippen LogP contribution < -0.4 is 0 Å². The van der Waals surface area contributed by atoms with Gasteiger partial charge in [-0.25, -0.2) is 0 Å². The molecule has 1 unspecified atom stereocenters. The highest BCUT2D eigenvalue weighted by Crippen LogP contribution is 2.36. The predicted octanol–water partition coefficient (Wildman–Crippen LogP) is 2.68. The number of hydrogen-bond donors (Lipinski definition) is 0. The van der Waals surface area contributed by atoms with Crippen molar-refractivity contribution in [1.82, 2.24) is 0 Å². The molecule has 0 bridgehead atoms. The molecule has 1 rings (SSSR count). The SMILES string of the molecule is CC(C)O[Si]1(C)CCC(C)(C)O1. The molecule has 0 aromatic carbocycles. The zero-order valence-corrected chi connectivity index (χ0v) is 9.81. The Labute approximate surface area is 76.5 Å². The molecule has 0 spiro atoms. The van der Waals surface area contributed by atoms with Crippen molar-refractivity contribution < 1.29 is 8.85 Å². The Morgan fingerprint density at radius 1 is 1.42 bits per heavy atom. The summed E-state index contributed by atoms with van der Waals surface area (Å²) in [4.78, 5) is 0. The van der Waals surface area contributed by atoms with E-state index in [0.29, 0.717) is 6.10 Å². The Hall–Kier alpha value is 0.137. The lowest BCUT2D eigenvalue weighted by Crippen LogP contribution is -2.39. The van der Waals surface area contributed by atoms with Crippen LogP contribution in [0.1, 0.15) is 34.1 Å². The number of hydrogen-bond acceptors (Lipinski definition) is 2. The first-order valence-electron chi connectivity index (χ1n) is 4.71. The van der Waals surface area contributed by atoms with Gasteiger partial charge in [0, 0.05) is 6.10 Å². The Morgan fingerprint density at radius 2 is 2.00 bits per heavy atom. The molecule has 1 aliphatic rings. The average Bonchev–Trinajstić information content (AvgIpc) is 2.03. The highest BCUT2D eigenvalue weighted by Gasteiger charge is 2.45. The summed E-state index contributed by atoms with van der Waals surface area (Å²) in [6, 6.07) is 1.14. The van der Waals surface area contributed by atoms with Crippen LogP contribution in [0.15, 0.2) is 0 Å². The lowest BCUT2D eigenvalue weighted by Gasteiger charge is -2.27. The summed E-state index contributed by atoms with van der Waals surface area (Å²) in [6.07, 6.45) is 1.44. The van der Waals surface area contributed by atoms with Gasteiger partial charge in [0.2, 0.25) is 0 Å². The fourth-order valence-electron chi connectivity index (χ4n) is 1.80. The molecule has 0 amide bonds. The Kier molecular flexibility index (Phi) is 2.66. The van der Waals surface area contributed by atoms with E-state index in [2.05, 4.69) is 34.2 Å². The maximum atomic E-state index is 5.96. The molecule has 1 heterocycles. The lowest BCUT2D eigenvalue weighted by atomic mass is 10.1. The van der Waals surface area contributed by atoms with Crippen LogP contribution in [0.2, 0.25) is 12.6 Å². The molecule has 72 valence electrons. The minimum absolute atomic E-state index is 0.0515. The molecule has 12 heavy (non-hydrogen) atoms. The van der Waals surface area contributed by atoms with Crippen molar-refractivity contribution in [3.8, 4) is 0 Å². The van der Waals surface area contributed by atoms with Crippen LogP contribution in [0.5, 0.6) is 0 Å². The van der Waals surface area contributed by atoms with Gasteiger partial charge in [0.15, 0.2) is 0 Å². The van der Waals surface area contributed by atoms with Crippen molar-refractivity contribution in [2.45, 2.75) is 58.4 Å². The molecular weight excluding hydrogens is 168 g/mol. The third-order valence-electron chi connectivity index (χ3n) is 2.16. The van der Waals surface area contributed by atoms with Crippen molar-refractivity contribution in [2.24, 2.45) is 0 Å². The van der Waals surface area contributed by atoms with Gasteiger partial charge in [-0.3, -0.25) is 0 Å². The summed E-state index contributed by atoms with van der Waals surface area (Å²) in [5, 5.41) is 0. The van der Waals surface area contributed by atoms with Gasteiger partial charge >= 0.3 is 8.56 Å². The Morgan fingerprint density at radius 3 is 2.33 bits per heavy atom. The smallest absolute Gasteiger partial charge is 0.335 e. The van der Waals surface area contributed by atoms with E-state index in [-0.39, 0.29) is 5.60 Å². The fraction of sp³-hybridized carbons (Fsp3) is 1.00. The van der Waals surface area contributed by atoms with Gasteiger partial charge in [-0.2, -0.15) is 0 Å². The monoisotopic (exact) mass is 188 g/mol. The van der Waals surface area contributed by atoms with Crippen molar-refractivity contribution in [1.29, 1.82) is 0 Å². The van der Waals surface area contributed by atoms with E-state index in [1.165, 1.54) is 0 Å². The van der Waals surface area contributed by atoms with Crippen LogP contribution in [0.4, 0.5) is 0 Å². The quantitative estimate of drug-likeness (QED) is 0.620. The largest absolute Gasteiger partial charge is 0.392 e. The third kappa shape index (κ3) is 2.57. The molecule has 3 heteroatoms. The molecule has 0 aromatic rings.